The Bertz CT molecular complexity index is 485. The second-order valence-corrected chi connectivity index (χ2v) is 3.58. The van der Waals surface area contributed by atoms with Crippen LogP contribution >= 0.6 is 0 Å². The van der Waals surface area contributed by atoms with Gasteiger partial charge in [0, 0.05) is 23.2 Å². The van der Waals surface area contributed by atoms with Crippen LogP contribution in [0.3, 0.4) is 0 Å². The maximum absolute atomic E-state index is 10.6. The lowest BCUT2D eigenvalue weighted by atomic mass is 10.0. The highest BCUT2D eigenvalue weighted by Gasteiger charge is 2.14. The molecule has 0 amide bonds. The van der Waals surface area contributed by atoms with E-state index in [0.29, 0.717) is 6.42 Å². The molecule has 0 aromatic carbocycles. The summed E-state index contributed by atoms with van der Waals surface area (Å²) in [5.41, 5.74) is 3.47. The summed E-state index contributed by atoms with van der Waals surface area (Å²) in [6.07, 6.45) is 3.74. The number of aromatic nitrogens is 2. The Morgan fingerprint density at radius 1 is 1.62 bits per heavy atom. The summed E-state index contributed by atoms with van der Waals surface area (Å²) in [5, 5.41) is 15.7. The molecule has 5 heteroatoms. The van der Waals surface area contributed by atoms with Crippen LogP contribution < -0.4 is 0 Å². The molecular formula is C11H12N2O3. The van der Waals surface area contributed by atoms with Gasteiger partial charge >= 0.3 is 5.97 Å². The van der Waals surface area contributed by atoms with E-state index in [0.717, 1.165) is 22.5 Å². The van der Waals surface area contributed by atoms with Crippen molar-refractivity contribution in [2.45, 2.75) is 19.8 Å². The molecule has 2 aromatic rings. The standard InChI is InChI=1S/C11H12N2O3/c1-7-9(2-3-10(14)15)11(13-12-7)8-4-5-16-6-8/h4-6H,2-3H2,1H3,(H,12,13)(H,14,15). The molecule has 0 saturated heterocycles. The largest absolute Gasteiger partial charge is 0.481 e. The summed E-state index contributed by atoms with van der Waals surface area (Å²) < 4.78 is 4.99. The zero-order valence-electron chi connectivity index (χ0n) is 8.86. The first-order chi connectivity index (χ1) is 7.68. The third kappa shape index (κ3) is 1.98. The van der Waals surface area contributed by atoms with Gasteiger partial charge in [-0.25, -0.2) is 0 Å². The Balaban J connectivity index is 2.29. The van der Waals surface area contributed by atoms with Gasteiger partial charge in [-0.1, -0.05) is 0 Å². The zero-order valence-corrected chi connectivity index (χ0v) is 8.86. The fraction of sp³-hybridized carbons (Fsp3) is 0.273. The van der Waals surface area contributed by atoms with Gasteiger partial charge in [0.25, 0.3) is 0 Å². The van der Waals surface area contributed by atoms with Crippen LogP contribution in [0.15, 0.2) is 23.0 Å². The smallest absolute Gasteiger partial charge is 0.303 e. The van der Waals surface area contributed by atoms with Crippen LogP contribution in [0.2, 0.25) is 0 Å². The van der Waals surface area contributed by atoms with Gasteiger partial charge in [-0.3, -0.25) is 9.89 Å². The van der Waals surface area contributed by atoms with Gasteiger partial charge in [0.15, 0.2) is 0 Å². The fourth-order valence-corrected chi connectivity index (χ4v) is 1.63. The van der Waals surface area contributed by atoms with Crippen LogP contribution in [0.1, 0.15) is 17.7 Å². The molecule has 2 N–H and O–H groups in total. The van der Waals surface area contributed by atoms with E-state index in [-0.39, 0.29) is 6.42 Å². The Morgan fingerprint density at radius 2 is 2.44 bits per heavy atom. The quantitative estimate of drug-likeness (QED) is 0.825. The maximum atomic E-state index is 10.6. The van der Waals surface area contributed by atoms with Crippen molar-refractivity contribution < 1.29 is 14.3 Å². The lowest BCUT2D eigenvalue weighted by Gasteiger charge is -1.99. The van der Waals surface area contributed by atoms with E-state index in [1.54, 1.807) is 18.6 Å². The van der Waals surface area contributed by atoms with E-state index in [4.69, 9.17) is 9.52 Å². The third-order valence-corrected chi connectivity index (χ3v) is 2.46. The Labute approximate surface area is 92.1 Å². The van der Waals surface area contributed by atoms with Gasteiger partial charge in [-0.05, 0) is 19.4 Å². The van der Waals surface area contributed by atoms with E-state index in [1.165, 1.54) is 0 Å². The average molecular weight is 220 g/mol. The topological polar surface area (TPSA) is 79.1 Å². The number of hydrogen-bond acceptors (Lipinski definition) is 3. The molecular weight excluding hydrogens is 208 g/mol. The molecule has 0 aliphatic heterocycles. The average Bonchev–Trinajstić information content (AvgIpc) is 2.83. The number of H-pyrrole nitrogens is 1. The molecule has 2 heterocycles. The molecule has 5 nitrogen and oxygen atoms in total. The van der Waals surface area contributed by atoms with E-state index in [2.05, 4.69) is 10.2 Å². The predicted octanol–water partition coefficient (Wildman–Crippen LogP) is 2.00. The number of aromatic amines is 1. The highest BCUT2D eigenvalue weighted by molar-refractivity contribution is 5.69. The molecule has 0 radical (unpaired) electrons. The first-order valence-corrected chi connectivity index (χ1v) is 4.96. The summed E-state index contributed by atoms with van der Waals surface area (Å²) >= 11 is 0. The van der Waals surface area contributed by atoms with E-state index >= 15 is 0 Å². The highest BCUT2D eigenvalue weighted by Crippen LogP contribution is 2.24. The van der Waals surface area contributed by atoms with Crippen molar-refractivity contribution in [1.29, 1.82) is 0 Å². The summed E-state index contributed by atoms with van der Waals surface area (Å²) in [6.45, 7) is 1.88. The Hall–Kier alpha value is -2.04. The van der Waals surface area contributed by atoms with Gasteiger partial charge in [-0.2, -0.15) is 5.10 Å². The summed E-state index contributed by atoms with van der Waals surface area (Å²) in [6, 6.07) is 1.81. The van der Waals surface area contributed by atoms with E-state index in [1.807, 2.05) is 6.92 Å². The first-order valence-electron chi connectivity index (χ1n) is 4.96. The number of furan rings is 1. The van der Waals surface area contributed by atoms with Gasteiger partial charge in [0.05, 0.1) is 18.2 Å². The summed E-state index contributed by atoms with van der Waals surface area (Å²) in [4.78, 5) is 10.6. The van der Waals surface area contributed by atoms with Gasteiger partial charge < -0.3 is 9.52 Å². The number of carboxylic acid groups (broad SMARTS) is 1. The minimum Gasteiger partial charge on any atom is -0.481 e. The number of hydrogen-bond donors (Lipinski definition) is 2. The number of aliphatic carboxylic acids is 1. The lowest BCUT2D eigenvalue weighted by molar-refractivity contribution is -0.136. The van der Waals surface area contributed by atoms with Crippen LogP contribution in [0.25, 0.3) is 11.3 Å². The number of rotatable bonds is 4. The summed E-state index contributed by atoms with van der Waals surface area (Å²) in [5.74, 6) is -0.807. The molecule has 2 rings (SSSR count). The van der Waals surface area contributed by atoms with Crippen LogP contribution in [-0.4, -0.2) is 21.3 Å². The second-order valence-electron chi connectivity index (χ2n) is 3.58. The monoisotopic (exact) mass is 220 g/mol. The zero-order chi connectivity index (χ0) is 11.5. The van der Waals surface area contributed by atoms with Gasteiger partial charge in [0.1, 0.15) is 0 Å². The summed E-state index contributed by atoms with van der Waals surface area (Å²) in [7, 11) is 0. The van der Waals surface area contributed by atoms with Crippen LogP contribution in [0, 0.1) is 6.92 Å². The van der Waals surface area contributed by atoms with Crippen molar-refractivity contribution in [2.75, 3.05) is 0 Å². The molecule has 0 bridgehead atoms. The molecule has 84 valence electrons. The Morgan fingerprint density at radius 3 is 3.06 bits per heavy atom. The molecule has 0 spiro atoms. The first kappa shape index (κ1) is 10.5. The second kappa shape index (κ2) is 4.22. The third-order valence-electron chi connectivity index (χ3n) is 2.46. The van der Waals surface area contributed by atoms with Crippen LogP contribution in [0.4, 0.5) is 0 Å². The lowest BCUT2D eigenvalue weighted by Crippen LogP contribution is -1.98. The highest BCUT2D eigenvalue weighted by atomic mass is 16.4. The van der Waals surface area contributed by atoms with E-state index < -0.39 is 5.97 Å². The van der Waals surface area contributed by atoms with Crippen molar-refractivity contribution in [1.82, 2.24) is 10.2 Å². The number of carboxylic acids is 1. The fourth-order valence-electron chi connectivity index (χ4n) is 1.63. The minimum absolute atomic E-state index is 0.102. The molecule has 0 aliphatic rings. The molecule has 0 aliphatic carbocycles. The number of nitrogens with one attached hydrogen (secondary N) is 1. The van der Waals surface area contributed by atoms with Crippen LogP contribution in [-0.2, 0) is 11.2 Å². The van der Waals surface area contributed by atoms with E-state index in [9.17, 15) is 4.79 Å². The molecule has 0 atom stereocenters. The molecule has 0 saturated carbocycles. The van der Waals surface area contributed by atoms with Crippen molar-refractivity contribution in [3.05, 3.63) is 29.9 Å². The number of carbonyl (C=O) groups is 1. The minimum atomic E-state index is -0.807. The number of aryl methyl sites for hydroxylation is 1. The molecule has 16 heavy (non-hydrogen) atoms. The van der Waals surface area contributed by atoms with Crippen molar-refractivity contribution in [3.63, 3.8) is 0 Å². The normalized spacial score (nSPS) is 10.6. The SMILES string of the molecule is Cc1[nH]nc(-c2ccoc2)c1CCC(=O)O. The maximum Gasteiger partial charge on any atom is 0.303 e. The molecule has 0 fully saturated rings. The number of nitrogens with zero attached hydrogens (tertiary/aromatic N) is 1. The van der Waals surface area contributed by atoms with Crippen LogP contribution in [0.5, 0.6) is 0 Å². The Kier molecular flexibility index (Phi) is 2.76. The van der Waals surface area contributed by atoms with Crippen molar-refractivity contribution >= 4 is 5.97 Å². The van der Waals surface area contributed by atoms with Gasteiger partial charge in [-0.15, -0.1) is 0 Å². The predicted molar refractivity (Wildman–Crippen MR) is 57.0 cm³/mol. The van der Waals surface area contributed by atoms with Crippen molar-refractivity contribution in [3.8, 4) is 11.3 Å². The van der Waals surface area contributed by atoms with Gasteiger partial charge in [0.2, 0.25) is 0 Å². The molecule has 2 aromatic heterocycles. The van der Waals surface area contributed by atoms with Crippen molar-refractivity contribution in [2.24, 2.45) is 0 Å². The molecule has 0 unspecified atom stereocenters.